The van der Waals surface area contributed by atoms with Gasteiger partial charge in [-0.3, -0.25) is 4.79 Å². The lowest BCUT2D eigenvalue weighted by Gasteiger charge is -2.09. The molecule has 1 atom stereocenters. The fourth-order valence-corrected chi connectivity index (χ4v) is 2.00. The number of carbonyl (C=O) groups is 1. The summed E-state index contributed by atoms with van der Waals surface area (Å²) in [5, 5.41) is 0. The maximum absolute atomic E-state index is 13.2. The average Bonchev–Trinajstić information content (AvgIpc) is 2.18. The number of carbonyl (C=O) groups excluding carboxylic acids is 1. The van der Waals surface area contributed by atoms with Crippen molar-refractivity contribution in [2.24, 2.45) is 0 Å². The molecule has 0 N–H and O–H groups in total. The lowest BCUT2D eigenvalue weighted by molar-refractivity contribution is -0.124. The molecule has 0 amide bonds. The van der Waals surface area contributed by atoms with E-state index in [9.17, 15) is 9.18 Å². The summed E-state index contributed by atoms with van der Waals surface area (Å²) in [5.41, 5.74) is 0. The Balaban J connectivity index is 2.27. The van der Waals surface area contributed by atoms with E-state index in [0.29, 0.717) is 12.8 Å². The summed E-state index contributed by atoms with van der Waals surface area (Å²) in [7, 11) is 0. The molecule has 0 aliphatic heterocycles. The summed E-state index contributed by atoms with van der Waals surface area (Å²) in [6.07, 6.45) is 8.69. The van der Waals surface area contributed by atoms with Crippen molar-refractivity contribution < 1.29 is 9.18 Å². The second-order valence-corrected chi connectivity index (χ2v) is 4.30. The lowest BCUT2D eigenvalue weighted by Crippen LogP contribution is -2.15. The maximum Gasteiger partial charge on any atom is 0.166 e. The highest BCUT2D eigenvalue weighted by molar-refractivity contribution is 5.82. The number of ketones is 1. The summed E-state index contributed by atoms with van der Waals surface area (Å²) >= 11 is 0. The summed E-state index contributed by atoms with van der Waals surface area (Å²) in [5.74, 6) is -0.162. The molecule has 0 spiro atoms. The zero-order valence-electron chi connectivity index (χ0n) is 8.93. The van der Waals surface area contributed by atoms with E-state index in [-0.39, 0.29) is 5.78 Å². The van der Waals surface area contributed by atoms with Crippen molar-refractivity contribution in [1.29, 1.82) is 0 Å². The quantitative estimate of drug-likeness (QED) is 0.581. The van der Waals surface area contributed by atoms with Gasteiger partial charge in [0.05, 0.1) is 0 Å². The van der Waals surface area contributed by atoms with Gasteiger partial charge in [-0.15, -0.1) is 0 Å². The Hall–Kier alpha value is -0.400. The monoisotopic (exact) mass is 200 g/mol. The van der Waals surface area contributed by atoms with Gasteiger partial charge in [0, 0.05) is 6.42 Å². The number of Topliss-reactive ketones (excluding diaryl/α,β-unsaturated/α-hetero) is 1. The van der Waals surface area contributed by atoms with Crippen LogP contribution in [-0.2, 0) is 4.79 Å². The summed E-state index contributed by atoms with van der Waals surface area (Å²) in [6, 6.07) is 0. The Bertz CT molecular complexity index is 168. The van der Waals surface area contributed by atoms with Crippen LogP contribution >= 0.6 is 0 Å². The zero-order valence-corrected chi connectivity index (χ0v) is 8.93. The SMILES string of the molecule is O=C1CCCCCCCCCCC1F. The van der Waals surface area contributed by atoms with Gasteiger partial charge in [0.2, 0.25) is 0 Å². The molecule has 0 saturated heterocycles. The lowest BCUT2D eigenvalue weighted by atomic mass is 9.99. The van der Waals surface area contributed by atoms with E-state index in [1.54, 1.807) is 0 Å². The Morgan fingerprint density at radius 1 is 0.857 bits per heavy atom. The van der Waals surface area contributed by atoms with E-state index < -0.39 is 6.17 Å². The zero-order chi connectivity index (χ0) is 10.2. The number of rotatable bonds is 0. The molecule has 1 saturated carbocycles. The molecular weight excluding hydrogens is 179 g/mol. The Morgan fingerprint density at radius 2 is 1.36 bits per heavy atom. The van der Waals surface area contributed by atoms with Crippen LogP contribution in [-0.4, -0.2) is 12.0 Å². The third-order valence-corrected chi connectivity index (χ3v) is 2.98. The number of hydrogen-bond acceptors (Lipinski definition) is 1. The third-order valence-electron chi connectivity index (χ3n) is 2.98. The molecule has 2 heteroatoms. The van der Waals surface area contributed by atoms with Gasteiger partial charge in [-0.1, -0.05) is 44.9 Å². The van der Waals surface area contributed by atoms with E-state index in [2.05, 4.69) is 0 Å². The van der Waals surface area contributed by atoms with E-state index in [1.807, 2.05) is 0 Å². The van der Waals surface area contributed by atoms with Gasteiger partial charge in [0.25, 0.3) is 0 Å². The largest absolute Gasteiger partial charge is 0.296 e. The van der Waals surface area contributed by atoms with Crippen LogP contribution in [0, 0.1) is 0 Å². The first-order valence-corrected chi connectivity index (χ1v) is 5.97. The molecule has 0 radical (unpaired) electrons. The maximum atomic E-state index is 13.2. The number of alkyl halides is 1. The Kier molecular flexibility index (Phi) is 5.81. The van der Waals surface area contributed by atoms with Crippen molar-refractivity contribution in [3.05, 3.63) is 0 Å². The number of hydrogen-bond donors (Lipinski definition) is 0. The van der Waals surface area contributed by atoms with Crippen LogP contribution in [0.4, 0.5) is 4.39 Å². The van der Waals surface area contributed by atoms with Gasteiger partial charge in [-0.2, -0.15) is 0 Å². The normalized spacial score (nSPS) is 27.8. The minimum absolute atomic E-state index is 0.162. The van der Waals surface area contributed by atoms with E-state index in [4.69, 9.17) is 0 Å². The fourth-order valence-electron chi connectivity index (χ4n) is 2.00. The van der Waals surface area contributed by atoms with Crippen molar-refractivity contribution in [3.8, 4) is 0 Å². The molecule has 0 heterocycles. The second kappa shape index (κ2) is 6.97. The molecule has 1 aliphatic carbocycles. The van der Waals surface area contributed by atoms with Crippen molar-refractivity contribution in [2.75, 3.05) is 0 Å². The van der Waals surface area contributed by atoms with Crippen LogP contribution in [0.2, 0.25) is 0 Å². The van der Waals surface area contributed by atoms with Crippen LogP contribution in [0.1, 0.15) is 64.2 Å². The van der Waals surface area contributed by atoms with Crippen LogP contribution in [0.15, 0.2) is 0 Å². The molecule has 1 unspecified atom stereocenters. The van der Waals surface area contributed by atoms with Crippen LogP contribution in [0.3, 0.4) is 0 Å². The third kappa shape index (κ3) is 4.73. The van der Waals surface area contributed by atoms with Gasteiger partial charge in [-0.25, -0.2) is 4.39 Å². The molecule has 14 heavy (non-hydrogen) atoms. The highest BCUT2D eigenvalue weighted by Crippen LogP contribution is 2.16. The first kappa shape index (κ1) is 11.7. The molecule has 1 nitrogen and oxygen atoms in total. The topological polar surface area (TPSA) is 17.1 Å². The van der Waals surface area contributed by atoms with Gasteiger partial charge in [-0.05, 0) is 12.8 Å². The highest BCUT2D eigenvalue weighted by atomic mass is 19.1. The van der Waals surface area contributed by atoms with Crippen molar-refractivity contribution >= 4 is 5.78 Å². The molecule has 0 aromatic rings. The highest BCUT2D eigenvalue weighted by Gasteiger charge is 2.16. The molecule has 0 aromatic heterocycles. The van der Waals surface area contributed by atoms with Crippen molar-refractivity contribution in [2.45, 2.75) is 70.4 Å². The average molecular weight is 200 g/mol. The first-order valence-electron chi connectivity index (χ1n) is 5.97. The predicted octanol–water partition coefficient (Wildman–Crippen LogP) is 3.81. The van der Waals surface area contributed by atoms with Crippen LogP contribution in [0.25, 0.3) is 0 Å². The summed E-state index contributed by atoms with van der Waals surface area (Å²) < 4.78 is 13.2. The van der Waals surface area contributed by atoms with E-state index in [0.717, 1.165) is 25.7 Å². The van der Waals surface area contributed by atoms with Crippen LogP contribution < -0.4 is 0 Å². The van der Waals surface area contributed by atoms with Crippen molar-refractivity contribution in [3.63, 3.8) is 0 Å². The molecule has 1 rings (SSSR count). The van der Waals surface area contributed by atoms with Gasteiger partial charge in [0.1, 0.15) is 0 Å². The minimum Gasteiger partial charge on any atom is -0.296 e. The van der Waals surface area contributed by atoms with Crippen molar-refractivity contribution in [1.82, 2.24) is 0 Å². The van der Waals surface area contributed by atoms with Gasteiger partial charge >= 0.3 is 0 Å². The Morgan fingerprint density at radius 3 is 2.00 bits per heavy atom. The molecule has 1 fully saturated rings. The van der Waals surface area contributed by atoms with Crippen LogP contribution in [0.5, 0.6) is 0 Å². The Labute approximate surface area is 86.1 Å². The molecule has 1 aliphatic rings. The molecule has 0 bridgehead atoms. The summed E-state index contributed by atoms with van der Waals surface area (Å²) in [4.78, 5) is 11.3. The van der Waals surface area contributed by atoms with E-state index in [1.165, 1.54) is 25.7 Å². The summed E-state index contributed by atoms with van der Waals surface area (Å²) in [6.45, 7) is 0. The predicted molar refractivity (Wildman–Crippen MR) is 56.1 cm³/mol. The van der Waals surface area contributed by atoms with Gasteiger partial charge in [0.15, 0.2) is 12.0 Å². The minimum atomic E-state index is -1.17. The molecule has 0 aromatic carbocycles. The molecular formula is C12H21FO. The number of halogens is 1. The standard InChI is InChI=1S/C12H21FO/c13-11-9-7-5-3-1-2-4-6-8-10-12(11)14/h11H,1-10H2. The first-order chi connectivity index (χ1) is 6.80. The smallest absolute Gasteiger partial charge is 0.166 e. The second-order valence-electron chi connectivity index (χ2n) is 4.30. The molecule has 82 valence electrons. The van der Waals surface area contributed by atoms with Gasteiger partial charge < -0.3 is 0 Å². The fraction of sp³-hybridized carbons (Fsp3) is 0.917. The van der Waals surface area contributed by atoms with E-state index >= 15 is 0 Å².